The van der Waals surface area contributed by atoms with Crippen LogP contribution in [0.15, 0.2) is 29.6 Å². The molecular formula is C11H15N5O. The summed E-state index contributed by atoms with van der Waals surface area (Å²) in [5.41, 5.74) is 8.24. The van der Waals surface area contributed by atoms with Crippen molar-refractivity contribution in [2.45, 2.75) is 13.0 Å². The van der Waals surface area contributed by atoms with Gasteiger partial charge in [0, 0.05) is 49.9 Å². The molecule has 2 rings (SSSR count). The highest BCUT2D eigenvalue weighted by Crippen LogP contribution is 2.17. The fourth-order valence-corrected chi connectivity index (χ4v) is 2.10. The summed E-state index contributed by atoms with van der Waals surface area (Å²) in [5.74, 6) is 0.346. The zero-order chi connectivity index (χ0) is 12.1. The first-order valence-corrected chi connectivity index (χ1v) is 5.69. The summed E-state index contributed by atoms with van der Waals surface area (Å²) in [6, 6.07) is 3.94. The number of hydrogen-bond acceptors (Lipinski definition) is 2. The average Bonchev–Trinajstić information content (AvgIpc) is 2.93. The Hall–Kier alpha value is -1.94. The van der Waals surface area contributed by atoms with E-state index < -0.39 is 0 Å². The smallest absolute Gasteiger partial charge is 0.222 e. The van der Waals surface area contributed by atoms with Crippen molar-refractivity contribution in [1.82, 2.24) is 9.47 Å². The highest BCUT2D eigenvalue weighted by molar-refractivity contribution is 5.78. The number of nitrogens with zero attached hydrogens (tertiary/aromatic N) is 5. The minimum Gasteiger partial charge on any atom is -0.352 e. The minimum absolute atomic E-state index is 0.162. The van der Waals surface area contributed by atoms with Crippen LogP contribution in [0, 0.1) is 5.92 Å². The summed E-state index contributed by atoms with van der Waals surface area (Å²) in [4.78, 5) is 16.3. The maximum atomic E-state index is 11.7. The molecule has 1 unspecified atom stereocenters. The van der Waals surface area contributed by atoms with E-state index in [2.05, 4.69) is 10.0 Å². The van der Waals surface area contributed by atoms with Crippen LogP contribution in [0.4, 0.5) is 0 Å². The van der Waals surface area contributed by atoms with Crippen molar-refractivity contribution in [3.8, 4) is 0 Å². The normalized spacial score (nSPS) is 19.4. The van der Waals surface area contributed by atoms with Gasteiger partial charge in [-0.15, -0.1) is 0 Å². The fraction of sp³-hybridized carbons (Fsp3) is 0.545. The van der Waals surface area contributed by atoms with Gasteiger partial charge >= 0.3 is 0 Å². The van der Waals surface area contributed by atoms with Gasteiger partial charge in [0.1, 0.15) is 0 Å². The molecule has 1 aromatic rings. The van der Waals surface area contributed by atoms with Crippen molar-refractivity contribution in [2.24, 2.45) is 11.0 Å². The SMILES string of the molecule is [N-]=[N+]=NCC1CC(=O)N(CCn2cccc2)C1. The molecule has 0 radical (unpaired) electrons. The third-order valence-electron chi connectivity index (χ3n) is 2.99. The standard InChI is InChI=1S/C11H15N5O/c12-14-13-8-10-7-11(17)16(9-10)6-5-15-3-1-2-4-15/h1-4,10H,5-9H2. The maximum absolute atomic E-state index is 11.7. The number of aromatic nitrogens is 1. The summed E-state index contributed by atoms with van der Waals surface area (Å²) < 4.78 is 2.05. The molecule has 1 aliphatic rings. The van der Waals surface area contributed by atoms with E-state index in [0.29, 0.717) is 19.5 Å². The second kappa shape index (κ2) is 5.41. The molecule has 0 bridgehead atoms. The lowest BCUT2D eigenvalue weighted by Gasteiger charge is -2.16. The lowest BCUT2D eigenvalue weighted by Crippen LogP contribution is -2.29. The summed E-state index contributed by atoms with van der Waals surface area (Å²) in [6.07, 6.45) is 4.47. The molecular weight excluding hydrogens is 218 g/mol. The Kier molecular flexibility index (Phi) is 3.67. The molecule has 0 N–H and O–H groups in total. The van der Waals surface area contributed by atoms with E-state index in [9.17, 15) is 4.79 Å². The van der Waals surface area contributed by atoms with Gasteiger partial charge in [0.05, 0.1) is 0 Å². The highest BCUT2D eigenvalue weighted by atomic mass is 16.2. The van der Waals surface area contributed by atoms with Gasteiger partial charge in [-0.1, -0.05) is 5.11 Å². The van der Waals surface area contributed by atoms with Gasteiger partial charge in [-0.05, 0) is 23.6 Å². The van der Waals surface area contributed by atoms with Crippen LogP contribution in [0.2, 0.25) is 0 Å². The molecule has 1 atom stereocenters. The zero-order valence-electron chi connectivity index (χ0n) is 9.57. The van der Waals surface area contributed by atoms with E-state index >= 15 is 0 Å². The number of carbonyl (C=O) groups excluding carboxylic acids is 1. The van der Waals surface area contributed by atoms with Gasteiger partial charge < -0.3 is 9.47 Å². The Labute approximate surface area is 99.5 Å². The number of carbonyl (C=O) groups is 1. The summed E-state index contributed by atoms with van der Waals surface area (Å²) in [7, 11) is 0. The lowest BCUT2D eigenvalue weighted by atomic mass is 10.1. The molecule has 17 heavy (non-hydrogen) atoms. The molecule has 6 heteroatoms. The molecule has 2 heterocycles. The molecule has 1 saturated heterocycles. The van der Waals surface area contributed by atoms with Crippen molar-refractivity contribution in [3.63, 3.8) is 0 Å². The Morgan fingerprint density at radius 2 is 2.18 bits per heavy atom. The van der Waals surface area contributed by atoms with E-state index in [1.165, 1.54) is 0 Å². The Bertz CT molecular complexity index is 421. The largest absolute Gasteiger partial charge is 0.352 e. The number of rotatable bonds is 5. The molecule has 0 saturated carbocycles. The number of likely N-dealkylation sites (tertiary alicyclic amines) is 1. The van der Waals surface area contributed by atoms with E-state index in [1.54, 1.807) is 0 Å². The molecule has 0 spiro atoms. The lowest BCUT2D eigenvalue weighted by molar-refractivity contribution is -0.127. The van der Waals surface area contributed by atoms with Crippen LogP contribution in [0.3, 0.4) is 0 Å². The summed E-state index contributed by atoms with van der Waals surface area (Å²) in [5, 5.41) is 3.53. The first kappa shape index (κ1) is 11.5. The van der Waals surface area contributed by atoms with E-state index in [4.69, 9.17) is 5.53 Å². The first-order chi connectivity index (χ1) is 8.29. The Balaban J connectivity index is 1.81. The molecule has 1 amide bonds. The molecule has 0 aromatic carbocycles. The maximum Gasteiger partial charge on any atom is 0.222 e. The topological polar surface area (TPSA) is 74.0 Å². The van der Waals surface area contributed by atoms with Crippen LogP contribution in [-0.2, 0) is 11.3 Å². The monoisotopic (exact) mass is 233 g/mol. The molecule has 6 nitrogen and oxygen atoms in total. The fourth-order valence-electron chi connectivity index (χ4n) is 2.10. The van der Waals surface area contributed by atoms with Gasteiger partial charge in [-0.3, -0.25) is 4.79 Å². The third kappa shape index (κ3) is 3.01. The molecule has 1 fully saturated rings. The van der Waals surface area contributed by atoms with Gasteiger partial charge in [0.25, 0.3) is 0 Å². The molecule has 1 aromatic heterocycles. The van der Waals surface area contributed by atoms with Gasteiger partial charge in [-0.25, -0.2) is 0 Å². The van der Waals surface area contributed by atoms with Crippen molar-refractivity contribution < 1.29 is 4.79 Å². The van der Waals surface area contributed by atoms with Crippen LogP contribution < -0.4 is 0 Å². The van der Waals surface area contributed by atoms with E-state index in [0.717, 1.165) is 13.1 Å². The number of azide groups is 1. The minimum atomic E-state index is 0.162. The molecule has 90 valence electrons. The quantitative estimate of drug-likeness (QED) is 0.433. The molecule has 0 aliphatic carbocycles. The van der Waals surface area contributed by atoms with Crippen LogP contribution in [0.5, 0.6) is 0 Å². The predicted octanol–water partition coefficient (Wildman–Crippen LogP) is 1.65. The van der Waals surface area contributed by atoms with Gasteiger partial charge in [0.15, 0.2) is 0 Å². The third-order valence-corrected chi connectivity index (χ3v) is 2.99. The predicted molar refractivity (Wildman–Crippen MR) is 63.1 cm³/mol. The van der Waals surface area contributed by atoms with E-state index in [-0.39, 0.29) is 11.8 Å². The van der Waals surface area contributed by atoms with Crippen LogP contribution in [0.1, 0.15) is 6.42 Å². The molecule has 1 aliphatic heterocycles. The second-order valence-electron chi connectivity index (χ2n) is 4.24. The Morgan fingerprint density at radius 3 is 2.88 bits per heavy atom. The second-order valence-corrected chi connectivity index (χ2v) is 4.24. The van der Waals surface area contributed by atoms with Gasteiger partial charge in [0.2, 0.25) is 5.91 Å². The van der Waals surface area contributed by atoms with Crippen molar-refractivity contribution in [3.05, 3.63) is 35.0 Å². The highest BCUT2D eigenvalue weighted by Gasteiger charge is 2.28. The van der Waals surface area contributed by atoms with Gasteiger partial charge in [-0.2, -0.15) is 0 Å². The summed E-state index contributed by atoms with van der Waals surface area (Å²) in [6.45, 7) is 2.66. The average molecular weight is 233 g/mol. The van der Waals surface area contributed by atoms with Crippen molar-refractivity contribution >= 4 is 5.91 Å². The van der Waals surface area contributed by atoms with Crippen molar-refractivity contribution in [1.29, 1.82) is 0 Å². The number of hydrogen-bond donors (Lipinski definition) is 0. The first-order valence-electron chi connectivity index (χ1n) is 5.69. The van der Waals surface area contributed by atoms with Crippen molar-refractivity contribution in [2.75, 3.05) is 19.6 Å². The number of amides is 1. The van der Waals surface area contributed by atoms with Crippen LogP contribution in [0.25, 0.3) is 10.4 Å². The zero-order valence-corrected chi connectivity index (χ0v) is 9.57. The summed E-state index contributed by atoms with van der Waals surface area (Å²) >= 11 is 0. The van der Waals surface area contributed by atoms with Crippen LogP contribution in [-0.4, -0.2) is 35.0 Å². The Morgan fingerprint density at radius 1 is 1.41 bits per heavy atom. The van der Waals surface area contributed by atoms with Crippen LogP contribution >= 0.6 is 0 Å². The van der Waals surface area contributed by atoms with E-state index in [1.807, 2.05) is 34.0 Å².